The Hall–Kier alpha value is -1.30. The van der Waals surface area contributed by atoms with Crippen molar-refractivity contribution in [1.29, 1.82) is 0 Å². The van der Waals surface area contributed by atoms with Gasteiger partial charge in [0.1, 0.15) is 6.04 Å². The van der Waals surface area contributed by atoms with Crippen molar-refractivity contribution in [2.75, 3.05) is 20.1 Å². The molecule has 0 unspecified atom stereocenters. The number of urea groups is 1. The molecule has 1 saturated heterocycles. The summed E-state index contributed by atoms with van der Waals surface area (Å²) in [6.07, 6.45) is -0.650. The van der Waals surface area contributed by atoms with Gasteiger partial charge in [-0.3, -0.25) is 0 Å². The number of hydrogen-bond acceptors (Lipinski definition) is 3. The van der Waals surface area contributed by atoms with Gasteiger partial charge in [0.25, 0.3) is 0 Å². The zero-order chi connectivity index (χ0) is 14.1. The highest BCUT2D eigenvalue weighted by molar-refractivity contribution is 5.83. The Labute approximate surface area is 107 Å². The zero-order valence-corrected chi connectivity index (χ0v) is 11.4. The Kier molecular flexibility index (Phi) is 4.21. The number of hydrogen-bond donors (Lipinski definition) is 2. The molecule has 2 atom stereocenters. The zero-order valence-electron chi connectivity index (χ0n) is 11.4. The summed E-state index contributed by atoms with van der Waals surface area (Å²) in [6.45, 7) is 6.63. The van der Waals surface area contributed by atoms with Gasteiger partial charge in [0.05, 0.1) is 6.10 Å². The van der Waals surface area contributed by atoms with E-state index in [1.165, 1.54) is 9.80 Å². The maximum Gasteiger partial charge on any atom is 0.326 e. The summed E-state index contributed by atoms with van der Waals surface area (Å²) < 4.78 is 0. The Bertz CT molecular complexity index is 337. The highest BCUT2D eigenvalue weighted by Gasteiger charge is 2.40. The molecule has 2 amide bonds. The molecule has 0 aliphatic carbocycles. The first-order valence-electron chi connectivity index (χ1n) is 6.04. The smallest absolute Gasteiger partial charge is 0.326 e. The van der Waals surface area contributed by atoms with E-state index in [1.54, 1.807) is 7.05 Å². The van der Waals surface area contributed by atoms with Crippen molar-refractivity contribution in [2.24, 2.45) is 5.41 Å². The minimum Gasteiger partial charge on any atom is -0.480 e. The number of carboxylic acid groups (broad SMARTS) is 1. The van der Waals surface area contributed by atoms with Gasteiger partial charge in [0.2, 0.25) is 0 Å². The monoisotopic (exact) mass is 258 g/mol. The number of amides is 2. The van der Waals surface area contributed by atoms with E-state index in [9.17, 15) is 14.7 Å². The third-order valence-corrected chi connectivity index (χ3v) is 2.85. The number of aliphatic carboxylic acids is 1. The van der Waals surface area contributed by atoms with Crippen molar-refractivity contribution >= 4 is 12.0 Å². The standard InChI is InChI=1S/C12H22N2O4/c1-12(2,3)7-13(4)11(18)14-6-8(15)5-9(14)10(16)17/h8-9,15H,5-7H2,1-4H3,(H,16,17)/t8-,9-/m1/s1. The number of rotatable bonds is 2. The van der Waals surface area contributed by atoms with Gasteiger partial charge in [0, 0.05) is 26.6 Å². The van der Waals surface area contributed by atoms with Crippen molar-refractivity contribution < 1.29 is 19.8 Å². The van der Waals surface area contributed by atoms with E-state index in [2.05, 4.69) is 0 Å². The molecule has 1 heterocycles. The lowest BCUT2D eigenvalue weighted by Gasteiger charge is -2.31. The van der Waals surface area contributed by atoms with Crippen molar-refractivity contribution in [3.8, 4) is 0 Å². The van der Waals surface area contributed by atoms with Crippen LogP contribution in [0.1, 0.15) is 27.2 Å². The van der Waals surface area contributed by atoms with Crippen LogP contribution in [0.15, 0.2) is 0 Å². The lowest BCUT2D eigenvalue weighted by Crippen LogP contribution is -2.48. The number of likely N-dealkylation sites (tertiary alicyclic amines) is 1. The predicted molar refractivity (Wildman–Crippen MR) is 66.2 cm³/mol. The Morgan fingerprint density at radius 3 is 2.39 bits per heavy atom. The number of carboxylic acids is 1. The second kappa shape index (κ2) is 5.14. The van der Waals surface area contributed by atoms with E-state index >= 15 is 0 Å². The minimum atomic E-state index is -1.07. The van der Waals surface area contributed by atoms with Gasteiger partial charge >= 0.3 is 12.0 Å². The largest absolute Gasteiger partial charge is 0.480 e. The molecule has 104 valence electrons. The van der Waals surface area contributed by atoms with Crippen LogP contribution in [0.25, 0.3) is 0 Å². The first-order chi connectivity index (χ1) is 8.11. The molecule has 6 nitrogen and oxygen atoms in total. The van der Waals surface area contributed by atoms with Gasteiger partial charge in [-0.2, -0.15) is 0 Å². The number of carbonyl (C=O) groups is 2. The van der Waals surface area contributed by atoms with Crippen LogP contribution in [0.5, 0.6) is 0 Å². The fourth-order valence-corrected chi connectivity index (χ4v) is 2.26. The fraction of sp³-hybridized carbons (Fsp3) is 0.833. The third-order valence-electron chi connectivity index (χ3n) is 2.85. The van der Waals surface area contributed by atoms with Crippen LogP contribution >= 0.6 is 0 Å². The lowest BCUT2D eigenvalue weighted by atomic mass is 9.96. The van der Waals surface area contributed by atoms with Gasteiger partial charge in [-0.15, -0.1) is 0 Å². The van der Waals surface area contributed by atoms with Crippen LogP contribution in [0.2, 0.25) is 0 Å². The highest BCUT2D eigenvalue weighted by Crippen LogP contribution is 2.21. The topological polar surface area (TPSA) is 81.1 Å². The maximum absolute atomic E-state index is 12.2. The van der Waals surface area contributed by atoms with Crippen molar-refractivity contribution in [3.05, 3.63) is 0 Å². The van der Waals surface area contributed by atoms with Crippen LogP contribution in [0, 0.1) is 5.41 Å². The van der Waals surface area contributed by atoms with E-state index < -0.39 is 18.1 Å². The number of carbonyl (C=O) groups excluding carboxylic acids is 1. The molecule has 1 aliphatic rings. The Morgan fingerprint density at radius 2 is 1.94 bits per heavy atom. The molecule has 0 spiro atoms. The Balaban J connectivity index is 2.73. The van der Waals surface area contributed by atoms with E-state index in [0.717, 1.165) is 0 Å². The molecular formula is C12H22N2O4. The number of nitrogens with zero attached hydrogens (tertiary/aromatic N) is 2. The van der Waals surface area contributed by atoms with Gasteiger partial charge in [0.15, 0.2) is 0 Å². The number of aliphatic hydroxyl groups is 1. The summed E-state index contributed by atoms with van der Waals surface area (Å²) >= 11 is 0. The molecular weight excluding hydrogens is 236 g/mol. The predicted octanol–water partition coefficient (Wildman–Crippen LogP) is 0.604. The van der Waals surface area contributed by atoms with Gasteiger partial charge < -0.3 is 20.0 Å². The molecule has 0 bridgehead atoms. The van der Waals surface area contributed by atoms with Crippen molar-refractivity contribution in [2.45, 2.75) is 39.3 Å². The summed E-state index contributed by atoms with van der Waals surface area (Å²) in [5.74, 6) is -1.07. The summed E-state index contributed by atoms with van der Waals surface area (Å²) in [6, 6.07) is -1.26. The number of β-amino-alcohol motifs (C(OH)–C–C–N with tert-alkyl or cyclic N) is 1. The molecule has 0 radical (unpaired) electrons. The average molecular weight is 258 g/mol. The molecule has 0 saturated carbocycles. The van der Waals surface area contributed by atoms with Crippen molar-refractivity contribution in [3.63, 3.8) is 0 Å². The fourth-order valence-electron chi connectivity index (χ4n) is 2.26. The number of aliphatic hydroxyl groups excluding tert-OH is 1. The lowest BCUT2D eigenvalue weighted by molar-refractivity contribution is -0.141. The van der Waals surface area contributed by atoms with Crippen molar-refractivity contribution in [1.82, 2.24) is 9.80 Å². The molecule has 0 aromatic rings. The Morgan fingerprint density at radius 1 is 1.39 bits per heavy atom. The van der Waals surface area contributed by atoms with E-state index in [-0.39, 0.29) is 24.4 Å². The minimum absolute atomic E-state index is 0.0541. The summed E-state index contributed by atoms with van der Waals surface area (Å²) in [5.41, 5.74) is -0.0541. The quantitative estimate of drug-likeness (QED) is 0.760. The van der Waals surface area contributed by atoms with E-state index in [4.69, 9.17) is 5.11 Å². The normalized spacial score (nSPS) is 24.2. The van der Waals surface area contributed by atoms with Crippen LogP contribution < -0.4 is 0 Å². The molecule has 1 fully saturated rings. The van der Waals surface area contributed by atoms with Gasteiger partial charge in [-0.25, -0.2) is 9.59 Å². The summed E-state index contributed by atoms with van der Waals surface area (Å²) in [4.78, 5) is 25.9. The second-order valence-corrected chi connectivity index (χ2v) is 6.10. The van der Waals surface area contributed by atoms with E-state index in [1.807, 2.05) is 20.8 Å². The first-order valence-corrected chi connectivity index (χ1v) is 6.04. The van der Waals surface area contributed by atoms with Crippen LogP contribution in [-0.4, -0.2) is 64.3 Å². The van der Waals surface area contributed by atoms with Gasteiger partial charge in [-0.1, -0.05) is 20.8 Å². The van der Waals surface area contributed by atoms with Crippen LogP contribution in [-0.2, 0) is 4.79 Å². The maximum atomic E-state index is 12.2. The molecule has 1 aliphatic heterocycles. The van der Waals surface area contributed by atoms with Crippen LogP contribution in [0.3, 0.4) is 0 Å². The third kappa shape index (κ3) is 3.60. The second-order valence-electron chi connectivity index (χ2n) is 6.10. The highest BCUT2D eigenvalue weighted by atomic mass is 16.4. The summed E-state index contributed by atoms with van der Waals surface area (Å²) in [7, 11) is 1.65. The molecule has 2 N–H and O–H groups in total. The molecule has 6 heteroatoms. The van der Waals surface area contributed by atoms with Gasteiger partial charge in [-0.05, 0) is 5.41 Å². The van der Waals surface area contributed by atoms with Crippen LogP contribution in [0.4, 0.5) is 4.79 Å². The molecule has 18 heavy (non-hydrogen) atoms. The molecule has 0 aromatic carbocycles. The van der Waals surface area contributed by atoms with E-state index in [0.29, 0.717) is 6.54 Å². The molecule has 1 rings (SSSR count). The average Bonchev–Trinajstić information content (AvgIpc) is 2.56. The summed E-state index contributed by atoms with van der Waals surface area (Å²) in [5, 5.41) is 18.5. The first kappa shape index (κ1) is 14.8. The molecule has 0 aromatic heterocycles. The SMILES string of the molecule is CN(CC(C)(C)C)C(=O)N1C[C@H](O)C[C@@H]1C(=O)O.